The van der Waals surface area contributed by atoms with E-state index in [1.165, 1.54) is 6.07 Å². The molecule has 0 unspecified atom stereocenters. The molecule has 3 rings (SSSR count). The molecule has 0 spiro atoms. The van der Waals surface area contributed by atoms with Crippen LogP contribution in [0.15, 0.2) is 36.7 Å². The van der Waals surface area contributed by atoms with Gasteiger partial charge in [0.05, 0.1) is 5.69 Å². The fourth-order valence-electron chi connectivity index (χ4n) is 2.49. The van der Waals surface area contributed by atoms with E-state index in [4.69, 9.17) is 5.26 Å². The quantitative estimate of drug-likeness (QED) is 0.841. The molecule has 5 nitrogen and oxygen atoms in total. The first-order chi connectivity index (χ1) is 10.3. The second-order valence-corrected chi connectivity index (χ2v) is 4.77. The summed E-state index contributed by atoms with van der Waals surface area (Å²) in [7, 11) is 0. The highest BCUT2D eigenvalue weighted by molar-refractivity contribution is 5.60. The van der Waals surface area contributed by atoms with Crippen molar-refractivity contribution in [3.63, 3.8) is 0 Å². The highest BCUT2D eigenvalue weighted by Gasteiger charge is 2.21. The normalized spacial score (nSPS) is 14.9. The summed E-state index contributed by atoms with van der Waals surface area (Å²) in [5, 5.41) is 9.11. The first kappa shape index (κ1) is 13.3. The highest BCUT2D eigenvalue weighted by Crippen LogP contribution is 2.24. The molecule has 1 fully saturated rings. The van der Waals surface area contributed by atoms with E-state index in [1.54, 1.807) is 30.6 Å². The monoisotopic (exact) mass is 283 g/mol. The molecule has 2 aromatic rings. The number of hydrogen-bond donors (Lipinski definition) is 0. The first-order valence-corrected chi connectivity index (χ1v) is 6.75. The Balaban J connectivity index is 1.75. The zero-order valence-corrected chi connectivity index (χ0v) is 11.4. The van der Waals surface area contributed by atoms with E-state index in [-0.39, 0.29) is 5.56 Å². The van der Waals surface area contributed by atoms with Crippen molar-refractivity contribution < 1.29 is 4.39 Å². The zero-order chi connectivity index (χ0) is 14.7. The summed E-state index contributed by atoms with van der Waals surface area (Å²) in [6.45, 7) is 2.89. The molecule has 0 atom stereocenters. The van der Waals surface area contributed by atoms with Gasteiger partial charge in [-0.2, -0.15) is 5.26 Å². The molecule has 1 aliphatic heterocycles. The van der Waals surface area contributed by atoms with Crippen molar-refractivity contribution >= 4 is 11.6 Å². The maximum atomic E-state index is 13.7. The molecule has 0 aliphatic carbocycles. The topological polar surface area (TPSA) is 56.1 Å². The number of anilines is 2. The van der Waals surface area contributed by atoms with Crippen molar-refractivity contribution in [1.29, 1.82) is 5.26 Å². The van der Waals surface area contributed by atoms with Gasteiger partial charge in [0.2, 0.25) is 5.95 Å². The summed E-state index contributed by atoms with van der Waals surface area (Å²) in [6, 6.07) is 8.47. The van der Waals surface area contributed by atoms with Crippen LogP contribution < -0.4 is 9.80 Å². The van der Waals surface area contributed by atoms with Gasteiger partial charge in [0, 0.05) is 38.6 Å². The molecule has 6 heteroatoms. The Morgan fingerprint density at radius 2 is 1.67 bits per heavy atom. The SMILES string of the molecule is N#Cc1c(F)cccc1N1CCN(c2ncccn2)CC1. The van der Waals surface area contributed by atoms with Crippen LogP contribution in [0.2, 0.25) is 0 Å². The lowest BCUT2D eigenvalue weighted by Gasteiger charge is -2.36. The molecular weight excluding hydrogens is 269 g/mol. The summed E-state index contributed by atoms with van der Waals surface area (Å²) in [6.07, 6.45) is 3.43. The van der Waals surface area contributed by atoms with Crippen LogP contribution in [-0.2, 0) is 0 Å². The Morgan fingerprint density at radius 3 is 2.33 bits per heavy atom. The number of nitriles is 1. The van der Waals surface area contributed by atoms with Gasteiger partial charge in [-0.15, -0.1) is 0 Å². The minimum Gasteiger partial charge on any atom is -0.367 e. The third-order valence-electron chi connectivity index (χ3n) is 3.56. The van der Waals surface area contributed by atoms with Gasteiger partial charge in [-0.05, 0) is 18.2 Å². The van der Waals surface area contributed by atoms with E-state index in [0.717, 1.165) is 13.1 Å². The van der Waals surface area contributed by atoms with Crippen LogP contribution in [0.5, 0.6) is 0 Å². The summed E-state index contributed by atoms with van der Waals surface area (Å²) < 4.78 is 13.7. The maximum Gasteiger partial charge on any atom is 0.225 e. The number of aromatic nitrogens is 2. The summed E-state index contributed by atoms with van der Waals surface area (Å²) >= 11 is 0. The third kappa shape index (κ3) is 2.63. The van der Waals surface area contributed by atoms with Crippen LogP contribution in [0.3, 0.4) is 0 Å². The van der Waals surface area contributed by atoms with Crippen molar-refractivity contribution in [2.24, 2.45) is 0 Å². The van der Waals surface area contributed by atoms with Gasteiger partial charge in [-0.1, -0.05) is 6.07 Å². The first-order valence-electron chi connectivity index (χ1n) is 6.75. The predicted octanol–water partition coefficient (Wildman–Crippen LogP) is 1.81. The van der Waals surface area contributed by atoms with E-state index in [1.807, 2.05) is 11.0 Å². The molecular formula is C15H14FN5. The Labute approximate surface area is 122 Å². The van der Waals surface area contributed by atoms with Crippen LogP contribution in [-0.4, -0.2) is 36.1 Å². The van der Waals surface area contributed by atoms with Crippen LogP contribution >= 0.6 is 0 Å². The van der Waals surface area contributed by atoms with Crippen molar-refractivity contribution in [2.75, 3.05) is 36.0 Å². The van der Waals surface area contributed by atoms with Crippen molar-refractivity contribution in [2.45, 2.75) is 0 Å². The molecule has 1 aromatic heterocycles. The van der Waals surface area contributed by atoms with Crippen LogP contribution in [0.1, 0.15) is 5.56 Å². The van der Waals surface area contributed by atoms with Crippen molar-refractivity contribution in [3.05, 3.63) is 48.0 Å². The zero-order valence-electron chi connectivity index (χ0n) is 11.4. The second-order valence-electron chi connectivity index (χ2n) is 4.77. The Kier molecular flexibility index (Phi) is 3.65. The number of rotatable bonds is 2. The number of hydrogen-bond acceptors (Lipinski definition) is 5. The Hall–Kier alpha value is -2.68. The molecule has 1 aliphatic rings. The second kappa shape index (κ2) is 5.75. The molecule has 0 N–H and O–H groups in total. The van der Waals surface area contributed by atoms with Gasteiger partial charge in [0.1, 0.15) is 17.4 Å². The fourth-order valence-corrected chi connectivity index (χ4v) is 2.49. The largest absolute Gasteiger partial charge is 0.367 e. The lowest BCUT2D eigenvalue weighted by atomic mass is 10.1. The maximum absolute atomic E-state index is 13.7. The van der Waals surface area contributed by atoms with Gasteiger partial charge in [0.15, 0.2) is 0 Å². The standard InChI is InChI=1S/C15H14FN5/c16-13-3-1-4-14(12(13)11-17)20-7-9-21(10-8-20)15-18-5-2-6-19-15/h1-6H,7-10H2. The van der Waals surface area contributed by atoms with E-state index in [0.29, 0.717) is 24.7 Å². The summed E-state index contributed by atoms with van der Waals surface area (Å²) in [5.41, 5.74) is 0.771. The van der Waals surface area contributed by atoms with Gasteiger partial charge in [-0.3, -0.25) is 0 Å². The fraction of sp³-hybridized carbons (Fsp3) is 0.267. The van der Waals surface area contributed by atoms with E-state index in [9.17, 15) is 4.39 Å². The van der Waals surface area contributed by atoms with Gasteiger partial charge < -0.3 is 9.80 Å². The molecule has 1 saturated heterocycles. The van der Waals surface area contributed by atoms with Crippen LogP contribution in [0.25, 0.3) is 0 Å². The molecule has 2 heterocycles. The third-order valence-corrected chi connectivity index (χ3v) is 3.56. The van der Waals surface area contributed by atoms with Crippen molar-refractivity contribution in [1.82, 2.24) is 9.97 Å². The molecule has 1 aromatic carbocycles. The number of benzene rings is 1. The molecule has 21 heavy (non-hydrogen) atoms. The number of nitrogens with zero attached hydrogens (tertiary/aromatic N) is 5. The summed E-state index contributed by atoms with van der Waals surface area (Å²) in [4.78, 5) is 12.6. The van der Waals surface area contributed by atoms with Crippen molar-refractivity contribution in [3.8, 4) is 6.07 Å². The van der Waals surface area contributed by atoms with E-state index in [2.05, 4.69) is 14.9 Å². The molecule has 0 bridgehead atoms. The lowest BCUT2D eigenvalue weighted by Crippen LogP contribution is -2.47. The average Bonchev–Trinajstić information content (AvgIpc) is 2.55. The molecule has 0 amide bonds. The predicted molar refractivity (Wildman–Crippen MR) is 77.6 cm³/mol. The summed E-state index contributed by atoms with van der Waals surface area (Å²) in [5.74, 6) is 0.237. The highest BCUT2D eigenvalue weighted by atomic mass is 19.1. The number of piperazine rings is 1. The van der Waals surface area contributed by atoms with Gasteiger partial charge >= 0.3 is 0 Å². The van der Waals surface area contributed by atoms with E-state index >= 15 is 0 Å². The van der Waals surface area contributed by atoms with E-state index < -0.39 is 5.82 Å². The molecule has 0 saturated carbocycles. The molecule has 0 radical (unpaired) electrons. The Morgan fingerprint density at radius 1 is 1.00 bits per heavy atom. The van der Waals surface area contributed by atoms with Crippen LogP contribution in [0, 0.1) is 17.1 Å². The minimum absolute atomic E-state index is 0.113. The van der Waals surface area contributed by atoms with Gasteiger partial charge in [0.25, 0.3) is 0 Å². The van der Waals surface area contributed by atoms with Crippen LogP contribution in [0.4, 0.5) is 16.0 Å². The van der Waals surface area contributed by atoms with Gasteiger partial charge in [-0.25, -0.2) is 14.4 Å². The number of halogens is 1. The minimum atomic E-state index is -0.469. The lowest BCUT2D eigenvalue weighted by molar-refractivity contribution is 0.614. The Bertz CT molecular complexity index is 660. The molecule has 106 valence electrons. The smallest absolute Gasteiger partial charge is 0.225 e. The average molecular weight is 283 g/mol.